The molecule has 1 saturated carbocycles. The minimum atomic E-state index is 0.0440. The summed E-state index contributed by atoms with van der Waals surface area (Å²) in [5.41, 5.74) is 3.26. The molecule has 2 heterocycles. The molecule has 0 radical (unpaired) electrons. The summed E-state index contributed by atoms with van der Waals surface area (Å²) in [6.45, 7) is 2.38. The Balaban J connectivity index is 1.39. The predicted molar refractivity (Wildman–Crippen MR) is 96.0 cm³/mol. The van der Waals surface area contributed by atoms with E-state index in [4.69, 9.17) is 4.52 Å². The van der Waals surface area contributed by atoms with Crippen molar-refractivity contribution in [3.8, 4) is 11.4 Å². The Morgan fingerprint density at radius 3 is 2.96 bits per heavy atom. The fraction of sp³-hybridized carbons (Fsp3) is 0.300. The van der Waals surface area contributed by atoms with Gasteiger partial charge in [-0.3, -0.25) is 9.78 Å². The lowest BCUT2D eigenvalue weighted by Crippen LogP contribution is -2.28. The van der Waals surface area contributed by atoms with Crippen molar-refractivity contribution < 1.29 is 9.32 Å². The van der Waals surface area contributed by atoms with Gasteiger partial charge in [-0.05, 0) is 37.0 Å². The van der Waals surface area contributed by atoms with Gasteiger partial charge >= 0.3 is 0 Å². The largest absolute Gasteiger partial charge is 0.337 e. The van der Waals surface area contributed by atoms with Crippen LogP contribution in [0.5, 0.6) is 0 Å². The Morgan fingerprint density at radius 2 is 2.19 bits per heavy atom. The van der Waals surface area contributed by atoms with E-state index in [-0.39, 0.29) is 11.8 Å². The lowest BCUT2D eigenvalue weighted by molar-refractivity contribution is -0.132. The molecule has 132 valence electrons. The molecule has 6 nitrogen and oxygen atoms in total. The van der Waals surface area contributed by atoms with E-state index in [9.17, 15) is 4.79 Å². The summed E-state index contributed by atoms with van der Waals surface area (Å²) in [5.74, 6) is 1.39. The van der Waals surface area contributed by atoms with Gasteiger partial charge in [0.2, 0.25) is 17.6 Å². The molecular weight excluding hydrogens is 328 g/mol. The van der Waals surface area contributed by atoms with Crippen molar-refractivity contribution in [3.05, 3.63) is 65.8 Å². The highest BCUT2D eigenvalue weighted by Crippen LogP contribution is 2.48. The molecule has 2 unspecified atom stereocenters. The molecule has 1 fully saturated rings. The first-order valence-corrected chi connectivity index (χ1v) is 8.66. The monoisotopic (exact) mass is 348 g/mol. The van der Waals surface area contributed by atoms with Crippen LogP contribution in [0.15, 0.2) is 53.3 Å². The van der Waals surface area contributed by atoms with Gasteiger partial charge in [0.1, 0.15) is 0 Å². The van der Waals surface area contributed by atoms with E-state index in [0.29, 0.717) is 24.2 Å². The van der Waals surface area contributed by atoms with Crippen LogP contribution in [0.1, 0.15) is 29.4 Å². The van der Waals surface area contributed by atoms with Crippen LogP contribution >= 0.6 is 0 Å². The molecule has 1 aromatic carbocycles. The van der Waals surface area contributed by atoms with Crippen LogP contribution in [-0.4, -0.2) is 33.0 Å². The molecule has 26 heavy (non-hydrogen) atoms. The lowest BCUT2D eigenvalue weighted by Gasteiger charge is -2.14. The van der Waals surface area contributed by atoms with E-state index in [0.717, 1.165) is 12.0 Å². The van der Waals surface area contributed by atoms with Crippen LogP contribution in [0.4, 0.5) is 0 Å². The summed E-state index contributed by atoms with van der Waals surface area (Å²) in [7, 11) is 1.78. The second kappa shape index (κ2) is 6.71. The molecule has 0 N–H and O–H groups in total. The molecular formula is C20H20N4O2. The minimum Gasteiger partial charge on any atom is -0.337 e. The number of hydrogen-bond donors (Lipinski definition) is 0. The number of carbonyl (C=O) groups excluding carboxylic acids is 1. The number of hydrogen-bond acceptors (Lipinski definition) is 5. The molecule has 0 spiro atoms. The highest BCUT2D eigenvalue weighted by Gasteiger charge is 2.45. The van der Waals surface area contributed by atoms with Gasteiger partial charge in [0.15, 0.2) is 0 Å². The van der Waals surface area contributed by atoms with Gasteiger partial charge in [0, 0.05) is 30.9 Å². The third-order valence-corrected chi connectivity index (χ3v) is 4.71. The normalized spacial score (nSPS) is 18.5. The average Bonchev–Trinajstić information content (AvgIpc) is 3.33. The standard InChI is InChI=1S/C20H20N4O2/c1-13-5-3-6-14(9-13)16-10-17(16)20(25)24(2)12-18-22-19(23-26-18)15-7-4-8-21-11-15/h3-9,11,16-17H,10,12H2,1-2H3. The summed E-state index contributed by atoms with van der Waals surface area (Å²) < 4.78 is 5.28. The molecule has 1 aliphatic rings. The SMILES string of the molecule is Cc1cccc(C2CC2C(=O)N(C)Cc2nc(-c3cccnc3)no2)c1. The number of amides is 1. The first-order chi connectivity index (χ1) is 12.6. The van der Waals surface area contributed by atoms with Gasteiger partial charge in [0.25, 0.3) is 0 Å². The van der Waals surface area contributed by atoms with Crippen molar-refractivity contribution in [1.82, 2.24) is 20.0 Å². The van der Waals surface area contributed by atoms with Gasteiger partial charge in [0.05, 0.1) is 6.54 Å². The van der Waals surface area contributed by atoms with Crippen LogP contribution in [0.25, 0.3) is 11.4 Å². The number of carbonyl (C=O) groups is 1. The first kappa shape index (κ1) is 16.4. The Labute approximate surface area is 151 Å². The maximum Gasteiger partial charge on any atom is 0.246 e. The van der Waals surface area contributed by atoms with Crippen molar-refractivity contribution in [2.75, 3.05) is 7.05 Å². The predicted octanol–water partition coefficient (Wildman–Crippen LogP) is 3.20. The molecule has 3 aromatic rings. The fourth-order valence-corrected chi connectivity index (χ4v) is 3.23. The summed E-state index contributed by atoms with van der Waals surface area (Å²) >= 11 is 0. The molecule has 4 rings (SSSR count). The second-order valence-corrected chi connectivity index (χ2v) is 6.81. The number of pyridine rings is 1. The quantitative estimate of drug-likeness (QED) is 0.708. The number of benzene rings is 1. The molecule has 2 aromatic heterocycles. The zero-order chi connectivity index (χ0) is 18.1. The van der Waals surface area contributed by atoms with Crippen molar-refractivity contribution in [2.45, 2.75) is 25.8 Å². The smallest absolute Gasteiger partial charge is 0.246 e. The number of rotatable bonds is 5. The van der Waals surface area contributed by atoms with E-state index in [1.165, 1.54) is 11.1 Å². The Hall–Kier alpha value is -3.02. The third-order valence-electron chi connectivity index (χ3n) is 4.71. The maximum absolute atomic E-state index is 12.7. The van der Waals surface area contributed by atoms with Gasteiger partial charge in [-0.1, -0.05) is 35.0 Å². The summed E-state index contributed by atoms with van der Waals surface area (Å²) in [4.78, 5) is 22.8. The number of nitrogens with zero attached hydrogens (tertiary/aromatic N) is 4. The Bertz CT molecular complexity index is 922. The van der Waals surface area contributed by atoms with E-state index in [1.807, 2.05) is 18.2 Å². The molecule has 2 atom stereocenters. The summed E-state index contributed by atoms with van der Waals surface area (Å²) in [6.07, 6.45) is 4.27. The number of aromatic nitrogens is 3. The fourth-order valence-electron chi connectivity index (χ4n) is 3.23. The molecule has 6 heteroatoms. The summed E-state index contributed by atoms with van der Waals surface area (Å²) in [6, 6.07) is 12.1. The van der Waals surface area contributed by atoms with Gasteiger partial charge < -0.3 is 9.42 Å². The molecule has 1 aliphatic carbocycles. The van der Waals surface area contributed by atoms with E-state index < -0.39 is 0 Å². The highest BCUT2D eigenvalue weighted by atomic mass is 16.5. The summed E-state index contributed by atoms with van der Waals surface area (Å²) in [5, 5.41) is 3.97. The van der Waals surface area contributed by atoms with Crippen LogP contribution in [0.2, 0.25) is 0 Å². The van der Waals surface area contributed by atoms with Crippen molar-refractivity contribution in [3.63, 3.8) is 0 Å². The van der Waals surface area contributed by atoms with Gasteiger partial charge in [-0.2, -0.15) is 4.98 Å². The zero-order valence-electron chi connectivity index (χ0n) is 14.8. The topological polar surface area (TPSA) is 72.1 Å². The van der Waals surface area contributed by atoms with Crippen molar-refractivity contribution in [2.24, 2.45) is 5.92 Å². The van der Waals surface area contributed by atoms with E-state index >= 15 is 0 Å². The van der Waals surface area contributed by atoms with Crippen LogP contribution in [0.3, 0.4) is 0 Å². The Morgan fingerprint density at radius 1 is 1.31 bits per heavy atom. The number of aryl methyl sites for hydroxylation is 1. The van der Waals surface area contributed by atoms with E-state index in [1.54, 1.807) is 24.3 Å². The maximum atomic E-state index is 12.7. The zero-order valence-corrected chi connectivity index (χ0v) is 14.8. The van der Waals surface area contributed by atoms with Crippen LogP contribution in [0, 0.1) is 12.8 Å². The van der Waals surface area contributed by atoms with Crippen molar-refractivity contribution >= 4 is 5.91 Å². The molecule has 0 aliphatic heterocycles. The average molecular weight is 348 g/mol. The molecule has 0 saturated heterocycles. The van der Waals surface area contributed by atoms with Gasteiger partial charge in [-0.15, -0.1) is 0 Å². The highest BCUT2D eigenvalue weighted by molar-refractivity contribution is 5.82. The molecule has 1 amide bonds. The van der Waals surface area contributed by atoms with E-state index in [2.05, 4.69) is 40.2 Å². The van der Waals surface area contributed by atoms with Crippen molar-refractivity contribution in [1.29, 1.82) is 0 Å². The molecule has 0 bridgehead atoms. The lowest BCUT2D eigenvalue weighted by atomic mass is 10.1. The van der Waals surface area contributed by atoms with Crippen LogP contribution < -0.4 is 0 Å². The second-order valence-electron chi connectivity index (χ2n) is 6.81. The minimum absolute atomic E-state index is 0.0440. The third kappa shape index (κ3) is 3.35. The van der Waals surface area contributed by atoms with Crippen LogP contribution in [-0.2, 0) is 11.3 Å². The Kier molecular flexibility index (Phi) is 4.24. The first-order valence-electron chi connectivity index (χ1n) is 8.66. The van der Waals surface area contributed by atoms with Gasteiger partial charge in [-0.25, -0.2) is 0 Å².